The molecule has 138 valence electrons. The van der Waals surface area contributed by atoms with Crippen LogP contribution in [0.2, 0.25) is 0 Å². The quantitative estimate of drug-likeness (QED) is 0.402. The second-order valence-electron chi connectivity index (χ2n) is 5.72. The van der Waals surface area contributed by atoms with Crippen molar-refractivity contribution in [2.75, 3.05) is 0 Å². The molecule has 0 unspecified atom stereocenters. The molecular weight excluding hydrogens is 360 g/mol. The van der Waals surface area contributed by atoms with Crippen LogP contribution in [-0.4, -0.2) is 17.0 Å². The fraction of sp³-hybridized carbons (Fsp3) is 0.0500. The largest absolute Gasteiger partial charge is 0.455 e. The summed E-state index contributed by atoms with van der Waals surface area (Å²) in [6, 6.07) is 18.5. The van der Waals surface area contributed by atoms with Crippen LogP contribution >= 0.6 is 0 Å². The normalized spacial score (nSPS) is 10.5. The molecule has 0 aliphatic heterocycles. The Kier molecular flexibility index (Phi) is 5.58. The summed E-state index contributed by atoms with van der Waals surface area (Å²) in [5.74, 6) is 0.394. The number of nitriles is 1. The van der Waals surface area contributed by atoms with Gasteiger partial charge >= 0.3 is 0 Å². The standard InChI is InChI=1S/C20H14N4O4/c21-12-15-6-1-3-7-17(15)19-10-9-16(28-19)13-22-23-20(25)11-14-5-2-4-8-18(14)24(26)27/h1-10,13H,11H2,(H,23,25)/b22-13+. The molecule has 0 aliphatic carbocycles. The number of nitrogens with one attached hydrogen (secondary N) is 1. The summed E-state index contributed by atoms with van der Waals surface area (Å²) in [5, 5.41) is 23.9. The summed E-state index contributed by atoms with van der Waals surface area (Å²) in [7, 11) is 0. The van der Waals surface area contributed by atoms with Crippen molar-refractivity contribution in [3.8, 4) is 17.4 Å². The van der Waals surface area contributed by atoms with Crippen molar-refractivity contribution in [1.29, 1.82) is 5.26 Å². The van der Waals surface area contributed by atoms with E-state index in [1.807, 2.05) is 0 Å². The lowest BCUT2D eigenvalue weighted by molar-refractivity contribution is -0.385. The van der Waals surface area contributed by atoms with Gasteiger partial charge in [0.15, 0.2) is 0 Å². The molecule has 0 bridgehead atoms. The number of carbonyl (C=O) groups excluding carboxylic acids is 1. The van der Waals surface area contributed by atoms with E-state index >= 15 is 0 Å². The van der Waals surface area contributed by atoms with Gasteiger partial charge in [0.1, 0.15) is 11.5 Å². The Balaban J connectivity index is 1.64. The maximum Gasteiger partial charge on any atom is 0.273 e. The fourth-order valence-corrected chi connectivity index (χ4v) is 2.58. The molecule has 1 amide bonds. The van der Waals surface area contributed by atoms with E-state index in [2.05, 4.69) is 16.6 Å². The molecule has 8 heteroatoms. The number of nitro benzene ring substituents is 1. The van der Waals surface area contributed by atoms with Gasteiger partial charge in [-0.15, -0.1) is 0 Å². The lowest BCUT2D eigenvalue weighted by atomic mass is 10.1. The van der Waals surface area contributed by atoms with Crippen LogP contribution in [-0.2, 0) is 11.2 Å². The SMILES string of the molecule is N#Cc1ccccc1-c1ccc(/C=N/NC(=O)Cc2ccccc2[N+](=O)[O-])o1. The van der Waals surface area contributed by atoms with Gasteiger partial charge < -0.3 is 4.42 Å². The number of nitro groups is 1. The Hall–Kier alpha value is -4.25. The van der Waals surface area contributed by atoms with Crippen molar-refractivity contribution < 1.29 is 14.1 Å². The van der Waals surface area contributed by atoms with Crippen molar-refractivity contribution in [2.24, 2.45) is 5.10 Å². The van der Waals surface area contributed by atoms with Gasteiger partial charge in [-0.25, -0.2) is 5.43 Å². The lowest BCUT2D eigenvalue weighted by Gasteiger charge is -2.01. The highest BCUT2D eigenvalue weighted by molar-refractivity contribution is 5.83. The van der Waals surface area contributed by atoms with E-state index in [9.17, 15) is 14.9 Å². The van der Waals surface area contributed by atoms with Crippen LogP contribution in [0.1, 0.15) is 16.9 Å². The van der Waals surface area contributed by atoms with E-state index in [1.54, 1.807) is 42.5 Å². The van der Waals surface area contributed by atoms with Crippen molar-refractivity contribution >= 4 is 17.8 Å². The first-order valence-corrected chi connectivity index (χ1v) is 8.22. The van der Waals surface area contributed by atoms with Gasteiger partial charge in [-0.3, -0.25) is 14.9 Å². The maximum atomic E-state index is 12.0. The highest BCUT2D eigenvalue weighted by Crippen LogP contribution is 2.24. The van der Waals surface area contributed by atoms with Crippen LogP contribution in [0.15, 0.2) is 70.2 Å². The average molecular weight is 374 g/mol. The number of rotatable bonds is 6. The third kappa shape index (κ3) is 4.28. The van der Waals surface area contributed by atoms with E-state index in [1.165, 1.54) is 24.4 Å². The number of hydrogen-bond acceptors (Lipinski definition) is 6. The fourth-order valence-electron chi connectivity index (χ4n) is 2.58. The second-order valence-corrected chi connectivity index (χ2v) is 5.72. The first-order valence-electron chi connectivity index (χ1n) is 8.22. The molecule has 3 rings (SSSR count). The molecule has 8 nitrogen and oxygen atoms in total. The van der Waals surface area contributed by atoms with Crippen LogP contribution in [0.5, 0.6) is 0 Å². The van der Waals surface area contributed by atoms with Crippen LogP contribution in [0.4, 0.5) is 5.69 Å². The number of carbonyl (C=O) groups is 1. The van der Waals surface area contributed by atoms with Gasteiger partial charge in [-0.2, -0.15) is 10.4 Å². The highest BCUT2D eigenvalue weighted by atomic mass is 16.6. The molecule has 0 atom stereocenters. The molecule has 0 aliphatic rings. The molecule has 0 radical (unpaired) electrons. The molecule has 1 aromatic heterocycles. The molecule has 0 saturated carbocycles. The monoisotopic (exact) mass is 374 g/mol. The molecule has 2 aromatic carbocycles. The zero-order valence-electron chi connectivity index (χ0n) is 14.5. The molecular formula is C20H14N4O4. The first-order chi connectivity index (χ1) is 13.6. The van der Waals surface area contributed by atoms with Crippen molar-refractivity contribution in [1.82, 2.24) is 5.43 Å². The number of nitrogens with zero attached hydrogens (tertiary/aromatic N) is 3. The lowest BCUT2D eigenvalue weighted by Crippen LogP contribution is -2.20. The first kappa shape index (κ1) is 18.5. The van der Waals surface area contributed by atoms with E-state index in [4.69, 9.17) is 9.68 Å². The summed E-state index contributed by atoms with van der Waals surface area (Å²) < 4.78 is 5.62. The van der Waals surface area contributed by atoms with Crippen molar-refractivity contribution in [2.45, 2.75) is 6.42 Å². The number of amides is 1. The Morgan fingerprint density at radius 2 is 1.93 bits per heavy atom. The molecule has 0 saturated heterocycles. The third-order valence-electron chi connectivity index (χ3n) is 3.86. The number of furan rings is 1. The van der Waals surface area contributed by atoms with Crippen molar-refractivity contribution in [3.63, 3.8) is 0 Å². The summed E-state index contributed by atoms with van der Waals surface area (Å²) in [5.41, 5.74) is 3.64. The van der Waals surface area contributed by atoms with Gasteiger partial charge in [0.2, 0.25) is 5.91 Å². The zero-order valence-corrected chi connectivity index (χ0v) is 14.5. The predicted octanol–water partition coefficient (Wildman–Crippen LogP) is 3.42. The zero-order chi connectivity index (χ0) is 19.9. The number of para-hydroxylation sites is 1. The highest BCUT2D eigenvalue weighted by Gasteiger charge is 2.15. The molecule has 3 aromatic rings. The third-order valence-corrected chi connectivity index (χ3v) is 3.86. The summed E-state index contributed by atoms with van der Waals surface area (Å²) in [6.45, 7) is 0. The van der Waals surface area contributed by atoms with Gasteiger partial charge in [0.25, 0.3) is 5.69 Å². The van der Waals surface area contributed by atoms with Gasteiger partial charge in [0.05, 0.1) is 29.2 Å². The minimum Gasteiger partial charge on any atom is -0.455 e. The Morgan fingerprint density at radius 3 is 2.71 bits per heavy atom. The number of hydrogen-bond donors (Lipinski definition) is 1. The summed E-state index contributed by atoms with van der Waals surface area (Å²) >= 11 is 0. The summed E-state index contributed by atoms with van der Waals surface area (Å²) in [4.78, 5) is 22.4. The molecule has 0 spiro atoms. The molecule has 1 heterocycles. The van der Waals surface area contributed by atoms with E-state index < -0.39 is 10.8 Å². The second kappa shape index (κ2) is 8.42. The molecule has 1 N–H and O–H groups in total. The minimum atomic E-state index is -0.532. The van der Waals surface area contributed by atoms with Crippen LogP contribution in [0.25, 0.3) is 11.3 Å². The van der Waals surface area contributed by atoms with Gasteiger partial charge in [0, 0.05) is 17.2 Å². The minimum absolute atomic E-state index is 0.117. The van der Waals surface area contributed by atoms with E-state index in [0.717, 1.165) is 0 Å². The Labute approximate surface area is 159 Å². The van der Waals surface area contributed by atoms with Crippen LogP contribution < -0.4 is 5.43 Å². The number of benzene rings is 2. The van der Waals surface area contributed by atoms with Crippen LogP contribution in [0, 0.1) is 21.4 Å². The van der Waals surface area contributed by atoms with Gasteiger partial charge in [-0.05, 0) is 24.3 Å². The molecule has 28 heavy (non-hydrogen) atoms. The van der Waals surface area contributed by atoms with Crippen molar-refractivity contribution in [3.05, 3.63) is 87.7 Å². The Bertz CT molecular complexity index is 1100. The maximum absolute atomic E-state index is 12.0. The smallest absolute Gasteiger partial charge is 0.273 e. The topological polar surface area (TPSA) is 122 Å². The summed E-state index contributed by atoms with van der Waals surface area (Å²) in [6.07, 6.45) is 1.14. The van der Waals surface area contributed by atoms with E-state index in [0.29, 0.717) is 28.2 Å². The molecule has 0 fully saturated rings. The average Bonchev–Trinajstić information content (AvgIpc) is 3.17. The number of hydrazone groups is 1. The van der Waals surface area contributed by atoms with E-state index in [-0.39, 0.29) is 12.1 Å². The Morgan fingerprint density at radius 1 is 1.18 bits per heavy atom. The predicted molar refractivity (Wildman–Crippen MR) is 101 cm³/mol. The van der Waals surface area contributed by atoms with Crippen LogP contribution in [0.3, 0.4) is 0 Å². The van der Waals surface area contributed by atoms with Gasteiger partial charge in [-0.1, -0.05) is 30.3 Å².